The van der Waals surface area contributed by atoms with E-state index in [-0.39, 0.29) is 31.2 Å². The minimum Gasteiger partial charge on any atom is -0.497 e. The number of benzene rings is 2. The first-order chi connectivity index (χ1) is 13.5. The van der Waals surface area contributed by atoms with Crippen molar-refractivity contribution in [2.45, 2.75) is 31.7 Å². The molecule has 1 heterocycles. The van der Waals surface area contributed by atoms with E-state index in [0.29, 0.717) is 11.4 Å². The van der Waals surface area contributed by atoms with Crippen molar-refractivity contribution in [3.63, 3.8) is 0 Å². The van der Waals surface area contributed by atoms with Gasteiger partial charge in [0, 0.05) is 24.3 Å². The Kier molecular flexibility index (Phi) is 6.31. The summed E-state index contributed by atoms with van der Waals surface area (Å²) in [7, 11) is 1.61. The molecule has 1 atom stereocenters. The molecule has 0 saturated carbocycles. The molecule has 0 spiro atoms. The van der Waals surface area contributed by atoms with Crippen LogP contribution in [-0.4, -0.2) is 34.8 Å². The third-order valence-corrected chi connectivity index (χ3v) is 4.88. The maximum Gasteiger partial charge on any atom is 0.303 e. The summed E-state index contributed by atoms with van der Waals surface area (Å²) in [6.45, 7) is 0. The minimum atomic E-state index is -0.911. The monoisotopic (exact) mass is 400 g/mol. The predicted octanol–water partition coefficient (Wildman–Crippen LogP) is 4.28. The zero-order valence-corrected chi connectivity index (χ0v) is 16.2. The van der Waals surface area contributed by atoms with Crippen molar-refractivity contribution in [1.29, 1.82) is 0 Å². The Hall–Kier alpha value is -2.86. The fourth-order valence-corrected chi connectivity index (χ4v) is 3.27. The number of ether oxygens (including phenoxy) is 1. The van der Waals surface area contributed by atoms with Gasteiger partial charge in [-0.15, -0.1) is 0 Å². The summed E-state index contributed by atoms with van der Waals surface area (Å²) in [5.74, 6) is -0.353. The van der Waals surface area contributed by atoms with Crippen LogP contribution in [0.1, 0.15) is 42.9 Å². The van der Waals surface area contributed by atoms with Crippen molar-refractivity contribution in [3.05, 3.63) is 64.7 Å². The molecule has 1 amide bonds. The van der Waals surface area contributed by atoms with Gasteiger partial charge in [0.2, 0.25) is 5.91 Å². The van der Waals surface area contributed by atoms with Gasteiger partial charge in [0.15, 0.2) is 0 Å². The molecule has 1 aliphatic heterocycles. The highest BCUT2D eigenvalue weighted by Crippen LogP contribution is 2.34. The summed E-state index contributed by atoms with van der Waals surface area (Å²) in [5, 5.41) is 15.5. The molecule has 0 bridgehead atoms. The molecule has 1 N–H and O–H groups in total. The normalized spacial score (nSPS) is 16.0. The van der Waals surface area contributed by atoms with Crippen LogP contribution in [0.4, 0.5) is 0 Å². The summed E-state index contributed by atoms with van der Waals surface area (Å²) >= 11 is 5.99. The third kappa shape index (κ3) is 4.70. The van der Waals surface area contributed by atoms with Crippen molar-refractivity contribution >= 4 is 29.2 Å². The Bertz CT molecular complexity index is 878. The molecule has 2 aromatic rings. The summed E-state index contributed by atoms with van der Waals surface area (Å²) in [5.41, 5.74) is 2.65. The molecule has 28 heavy (non-hydrogen) atoms. The van der Waals surface area contributed by atoms with Crippen LogP contribution in [-0.2, 0) is 9.59 Å². The van der Waals surface area contributed by atoms with Crippen LogP contribution in [0.3, 0.4) is 0 Å². The number of nitrogens with zero attached hydrogens (tertiary/aromatic N) is 2. The number of carbonyl (C=O) groups is 2. The lowest BCUT2D eigenvalue weighted by Gasteiger charge is -2.22. The van der Waals surface area contributed by atoms with Crippen LogP contribution in [0.5, 0.6) is 5.75 Å². The first-order valence-corrected chi connectivity index (χ1v) is 9.37. The highest BCUT2D eigenvalue weighted by Gasteiger charge is 2.32. The minimum absolute atomic E-state index is 0.0414. The summed E-state index contributed by atoms with van der Waals surface area (Å²) in [4.78, 5) is 23.5. The number of hydrogen-bond donors (Lipinski definition) is 1. The van der Waals surface area contributed by atoms with E-state index in [0.717, 1.165) is 22.6 Å². The van der Waals surface area contributed by atoms with Crippen LogP contribution in [0.2, 0.25) is 5.02 Å². The molecular formula is C21H21ClN2O4. The van der Waals surface area contributed by atoms with Crippen LogP contribution in [0.25, 0.3) is 0 Å². The summed E-state index contributed by atoms with van der Waals surface area (Å²) < 4.78 is 5.19. The summed E-state index contributed by atoms with van der Waals surface area (Å²) in [6, 6.07) is 14.6. The second-order valence-electron chi connectivity index (χ2n) is 6.53. The predicted molar refractivity (Wildman–Crippen MR) is 107 cm³/mol. The topological polar surface area (TPSA) is 79.2 Å². The lowest BCUT2D eigenvalue weighted by atomic mass is 9.98. The SMILES string of the molecule is COc1ccc(C2=NN(C(=O)CCCC(=O)O)C(c3ccc(Cl)cc3)C2)cc1. The standard InChI is InChI=1S/C21H21ClN2O4/c1-28-17-11-7-14(8-12-17)18-13-19(15-5-9-16(22)10-6-15)24(23-18)20(25)3-2-4-21(26)27/h5-12,19H,2-4,13H2,1H3,(H,26,27). The fourth-order valence-electron chi connectivity index (χ4n) is 3.15. The molecule has 6 nitrogen and oxygen atoms in total. The molecule has 1 unspecified atom stereocenters. The third-order valence-electron chi connectivity index (χ3n) is 4.63. The molecule has 0 fully saturated rings. The van der Waals surface area contributed by atoms with E-state index in [1.807, 2.05) is 36.4 Å². The number of aliphatic carboxylic acids is 1. The van der Waals surface area contributed by atoms with Gasteiger partial charge in [0.25, 0.3) is 0 Å². The van der Waals surface area contributed by atoms with Gasteiger partial charge in [-0.1, -0.05) is 23.7 Å². The second-order valence-corrected chi connectivity index (χ2v) is 6.97. The van der Waals surface area contributed by atoms with Gasteiger partial charge < -0.3 is 9.84 Å². The number of carboxylic acids is 1. The zero-order valence-electron chi connectivity index (χ0n) is 15.5. The van der Waals surface area contributed by atoms with E-state index in [1.165, 1.54) is 5.01 Å². The Balaban J connectivity index is 1.84. The Labute approximate surface area is 168 Å². The van der Waals surface area contributed by atoms with Crippen molar-refractivity contribution in [2.24, 2.45) is 5.10 Å². The van der Waals surface area contributed by atoms with Crippen LogP contribution < -0.4 is 4.74 Å². The zero-order chi connectivity index (χ0) is 20.1. The molecule has 0 aromatic heterocycles. The largest absolute Gasteiger partial charge is 0.497 e. The smallest absolute Gasteiger partial charge is 0.303 e. The molecule has 0 saturated heterocycles. The number of hydrogen-bond acceptors (Lipinski definition) is 4. The summed E-state index contributed by atoms with van der Waals surface area (Å²) in [6.07, 6.45) is 0.944. The number of carbonyl (C=O) groups excluding carboxylic acids is 1. The van der Waals surface area contributed by atoms with Crippen LogP contribution in [0.15, 0.2) is 53.6 Å². The molecule has 3 rings (SSSR count). The fraction of sp³-hybridized carbons (Fsp3) is 0.286. The molecule has 7 heteroatoms. The first kappa shape index (κ1) is 19.9. The lowest BCUT2D eigenvalue weighted by Crippen LogP contribution is -2.27. The van der Waals surface area contributed by atoms with Gasteiger partial charge in [-0.25, -0.2) is 5.01 Å². The number of amides is 1. The van der Waals surface area contributed by atoms with E-state index >= 15 is 0 Å². The van der Waals surface area contributed by atoms with Crippen molar-refractivity contribution in [1.82, 2.24) is 5.01 Å². The molecule has 146 valence electrons. The number of rotatable bonds is 7. The van der Waals surface area contributed by atoms with E-state index in [2.05, 4.69) is 5.10 Å². The van der Waals surface area contributed by atoms with Crippen LogP contribution in [0, 0.1) is 0 Å². The van der Waals surface area contributed by atoms with Gasteiger partial charge in [0.1, 0.15) is 5.75 Å². The average Bonchev–Trinajstić information content (AvgIpc) is 3.14. The quantitative estimate of drug-likeness (QED) is 0.752. The maximum atomic E-state index is 12.7. The number of halogens is 1. The maximum absolute atomic E-state index is 12.7. The molecule has 0 radical (unpaired) electrons. The van der Waals surface area contributed by atoms with E-state index < -0.39 is 5.97 Å². The number of methoxy groups -OCH3 is 1. The van der Waals surface area contributed by atoms with Crippen LogP contribution >= 0.6 is 11.6 Å². The van der Waals surface area contributed by atoms with Crippen molar-refractivity contribution in [2.75, 3.05) is 7.11 Å². The molecule has 2 aromatic carbocycles. The van der Waals surface area contributed by atoms with Gasteiger partial charge in [0.05, 0.1) is 18.9 Å². The van der Waals surface area contributed by atoms with Gasteiger partial charge in [-0.05, 0) is 53.9 Å². The first-order valence-electron chi connectivity index (χ1n) is 8.99. The highest BCUT2D eigenvalue weighted by molar-refractivity contribution is 6.30. The second kappa shape index (κ2) is 8.89. The molecule has 1 aliphatic rings. The molecule has 0 aliphatic carbocycles. The van der Waals surface area contributed by atoms with Crippen molar-refractivity contribution in [3.8, 4) is 5.75 Å². The van der Waals surface area contributed by atoms with E-state index in [1.54, 1.807) is 19.2 Å². The van der Waals surface area contributed by atoms with Crippen molar-refractivity contribution < 1.29 is 19.4 Å². The Morgan fingerprint density at radius 1 is 1.14 bits per heavy atom. The van der Waals surface area contributed by atoms with E-state index in [4.69, 9.17) is 21.4 Å². The van der Waals surface area contributed by atoms with Gasteiger partial charge in [-0.2, -0.15) is 5.10 Å². The van der Waals surface area contributed by atoms with Gasteiger partial charge in [-0.3, -0.25) is 9.59 Å². The highest BCUT2D eigenvalue weighted by atomic mass is 35.5. The Morgan fingerprint density at radius 3 is 2.43 bits per heavy atom. The number of hydrazone groups is 1. The number of carboxylic acid groups (broad SMARTS) is 1. The lowest BCUT2D eigenvalue weighted by molar-refractivity contribution is -0.137. The Morgan fingerprint density at radius 2 is 1.82 bits per heavy atom. The average molecular weight is 401 g/mol. The molecular weight excluding hydrogens is 380 g/mol. The van der Waals surface area contributed by atoms with E-state index in [9.17, 15) is 9.59 Å². The van der Waals surface area contributed by atoms with Gasteiger partial charge >= 0.3 is 5.97 Å².